The lowest BCUT2D eigenvalue weighted by Crippen LogP contribution is -2.50. The molecule has 7 heteroatoms. The maximum atomic E-state index is 10.9. The average molecular weight is 370 g/mol. The quantitative estimate of drug-likeness (QED) is 0.708. The number of aliphatic hydroxyl groups excluding tert-OH is 1. The van der Waals surface area contributed by atoms with E-state index in [-0.39, 0.29) is 0 Å². The summed E-state index contributed by atoms with van der Waals surface area (Å²) in [5.74, 6) is 1.08. The molecule has 0 aliphatic carbocycles. The van der Waals surface area contributed by atoms with Crippen molar-refractivity contribution in [2.45, 2.75) is 31.6 Å². The Hall–Kier alpha value is -2.75. The van der Waals surface area contributed by atoms with Crippen LogP contribution in [0.3, 0.4) is 0 Å². The molecule has 0 bridgehead atoms. The first-order valence-electron chi connectivity index (χ1n) is 8.11. The largest absolute Gasteiger partial charge is 0.485 e. The molecule has 2 aromatic carbocycles. The summed E-state index contributed by atoms with van der Waals surface area (Å²) in [5, 5.41) is 28.7. The Bertz CT molecular complexity index is 1040. The molecular weight excluding hydrogens is 354 g/mol. The van der Waals surface area contributed by atoms with Gasteiger partial charge in [0, 0.05) is 10.6 Å². The van der Waals surface area contributed by atoms with Crippen LogP contribution in [0, 0.1) is 11.3 Å². The minimum absolute atomic E-state index is 0.470. The number of nitrogens with one attached hydrogen (secondary N) is 1. The molecule has 4 rings (SSSR count). The molecule has 3 aromatic rings. The molecule has 1 aromatic heterocycles. The third-order valence-corrected chi connectivity index (χ3v) is 4.83. The molecule has 0 saturated carbocycles. The molecule has 0 spiro atoms. The van der Waals surface area contributed by atoms with Crippen molar-refractivity contribution in [3.8, 4) is 11.8 Å². The van der Waals surface area contributed by atoms with E-state index in [4.69, 9.17) is 20.9 Å². The van der Waals surface area contributed by atoms with Gasteiger partial charge in [0.05, 0.1) is 23.1 Å². The summed E-state index contributed by atoms with van der Waals surface area (Å²) in [7, 11) is 0. The van der Waals surface area contributed by atoms with Crippen LogP contribution in [0.25, 0.3) is 11.0 Å². The molecule has 0 amide bonds. The molecule has 0 saturated heterocycles. The van der Waals surface area contributed by atoms with Crippen molar-refractivity contribution in [2.24, 2.45) is 0 Å². The number of nitriles is 1. The van der Waals surface area contributed by atoms with Crippen LogP contribution in [0.2, 0.25) is 5.02 Å². The van der Waals surface area contributed by atoms with Gasteiger partial charge in [0.15, 0.2) is 11.4 Å². The zero-order valence-corrected chi connectivity index (χ0v) is 14.9. The first kappa shape index (κ1) is 16.7. The van der Waals surface area contributed by atoms with Gasteiger partial charge in [-0.15, -0.1) is 0 Å². The number of hydrogen-bond acceptors (Lipinski definition) is 6. The number of fused-ring (bicyclic) bond motifs is 2. The number of rotatable bonds is 2. The van der Waals surface area contributed by atoms with Gasteiger partial charge in [-0.3, -0.25) is 0 Å². The predicted molar refractivity (Wildman–Crippen MR) is 97.3 cm³/mol. The second-order valence-electron chi connectivity index (χ2n) is 6.81. The van der Waals surface area contributed by atoms with Gasteiger partial charge in [-0.05, 0) is 50.2 Å². The first-order valence-corrected chi connectivity index (χ1v) is 8.49. The van der Waals surface area contributed by atoms with Gasteiger partial charge in [0.1, 0.15) is 17.5 Å². The third kappa shape index (κ3) is 2.66. The standard InChI is InChI=1S/C19H16ClN3O3/c1-19(2)17(24)16(12-7-10(9-21)3-5-14(12)25-19)22-18-13-8-11(20)4-6-15(13)26-23-18/h3-8,16-17,24H,1-2H3,(H,22,23)/t16-,17+/m1/s1. The summed E-state index contributed by atoms with van der Waals surface area (Å²) in [4.78, 5) is 0. The molecule has 0 fully saturated rings. The summed E-state index contributed by atoms with van der Waals surface area (Å²) in [6, 6.07) is 11.9. The van der Waals surface area contributed by atoms with E-state index in [1.807, 2.05) is 13.8 Å². The van der Waals surface area contributed by atoms with Gasteiger partial charge in [-0.1, -0.05) is 16.8 Å². The first-order chi connectivity index (χ1) is 12.4. The van der Waals surface area contributed by atoms with Crippen molar-refractivity contribution >= 4 is 28.4 Å². The van der Waals surface area contributed by atoms with Crippen LogP contribution in [-0.4, -0.2) is 22.0 Å². The van der Waals surface area contributed by atoms with Gasteiger partial charge in [0.25, 0.3) is 0 Å². The highest BCUT2D eigenvalue weighted by Crippen LogP contribution is 2.42. The van der Waals surface area contributed by atoms with E-state index in [1.54, 1.807) is 36.4 Å². The van der Waals surface area contributed by atoms with Crippen molar-refractivity contribution in [3.05, 3.63) is 52.5 Å². The minimum Gasteiger partial charge on any atom is -0.485 e. The number of aliphatic hydroxyl groups is 1. The minimum atomic E-state index is -0.880. The van der Waals surface area contributed by atoms with Gasteiger partial charge >= 0.3 is 0 Å². The van der Waals surface area contributed by atoms with Gasteiger partial charge in [-0.25, -0.2) is 0 Å². The molecule has 2 N–H and O–H groups in total. The molecule has 0 unspecified atom stereocenters. The molecule has 1 aliphatic heterocycles. The number of aromatic nitrogens is 1. The number of hydrogen-bond donors (Lipinski definition) is 2. The molecule has 6 nitrogen and oxygen atoms in total. The normalized spacial score (nSPS) is 20.9. The van der Waals surface area contributed by atoms with E-state index in [1.165, 1.54) is 0 Å². The van der Waals surface area contributed by atoms with Crippen molar-refractivity contribution in [2.75, 3.05) is 5.32 Å². The fraction of sp³-hybridized carbons (Fsp3) is 0.263. The van der Waals surface area contributed by atoms with E-state index in [0.717, 1.165) is 0 Å². The Kier molecular flexibility index (Phi) is 3.79. The number of benzene rings is 2. The highest BCUT2D eigenvalue weighted by molar-refractivity contribution is 6.31. The predicted octanol–water partition coefficient (Wildman–Crippen LogP) is 4.04. The Morgan fingerprint density at radius 3 is 2.85 bits per heavy atom. The van der Waals surface area contributed by atoms with Crippen LogP contribution in [0.1, 0.15) is 31.0 Å². The van der Waals surface area contributed by atoms with Crippen LogP contribution >= 0.6 is 11.6 Å². The average Bonchev–Trinajstić information content (AvgIpc) is 3.00. The number of nitrogens with zero attached hydrogens (tertiary/aromatic N) is 2. The van der Waals surface area contributed by atoms with Crippen LogP contribution in [0.15, 0.2) is 40.9 Å². The zero-order valence-electron chi connectivity index (χ0n) is 14.2. The van der Waals surface area contributed by atoms with Crippen LogP contribution in [-0.2, 0) is 0 Å². The molecule has 2 atom stereocenters. The van der Waals surface area contributed by atoms with Gasteiger partial charge in [-0.2, -0.15) is 5.26 Å². The SMILES string of the molecule is CC1(C)Oc2ccc(C#N)cc2[C@@H](Nc2noc3ccc(Cl)cc23)[C@@H]1O. The van der Waals surface area contributed by atoms with Crippen molar-refractivity contribution in [1.29, 1.82) is 5.26 Å². The molecule has 132 valence electrons. The summed E-state index contributed by atoms with van der Waals surface area (Å²) >= 11 is 6.08. The lowest BCUT2D eigenvalue weighted by atomic mass is 9.86. The monoisotopic (exact) mass is 369 g/mol. The zero-order chi connectivity index (χ0) is 18.5. The smallest absolute Gasteiger partial charge is 0.177 e. The third-order valence-electron chi connectivity index (χ3n) is 4.60. The van der Waals surface area contributed by atoms with Crippen LogP contribution in [0.4, 0.5) is 5.82 Å². The Morgan fingerprint density at radius 2 is 2.08 bits per heavy atom. The van der Waals surface area contributed by atoms with E-state index in [2.05, 4.69) is 16.5 Å². The topological polar surface area (TPSA) is 91.3 Å². The van der Waals surface area contributed by atoms with Gasteiger partial charge < -0.3 is 19.7 Å². The Morgan fingerprint density at radius 1 is 1.27 bits per heavy atom. The summed E-state index contributed by atoms with van der Waals surface area (Å²) < 4.78 is 11.3. The second-order valence-corrected chi connectivity index (χ2v) is 7.24. The lowest BCUT2D eigenvalue weighted by molar-refractivity contribution is -0.0533. The van der Waals surface area contributed by atoms with Crippen molar-refractivity contribution in [3.63, 3.8) is 0 Å². The maximum absolute atomic E-state index is 10.9. The van der Waals surface area contributed by atoms with Gasteiger partial charge in [0.2, 0.25) is 0 Å². The van der Waals surface area contributed by atoms with Crippen molar-refractivity contribution in [1.82, 2.24) is 5.16 Å². The van der Waals surface area contributed by atoms with Crippen LogP contribution in [0.5, 0.6) is 5.75 Å². The fourth-order valence-corrected chi connectivity index (χ4v) is 3.36. The van der Waals surface area contributed by atoms with Crippen molar-refractivity contribution < 1.29 is 14.4 Å². The van der Waals surface area contributed by atoms with Crippen LogP contribution < -0.4 is 10.1 Å². The summed E-state index contributed by atoms with van der Waals surface area (Å²) in [5.41, 5.74) is 0.938. The molecule has 26 heavy (non-hydrogen) atoms. The summed E-state index contributed by atoms with van der Waals surface area (Å²) in [6.07, 6.45) is -0.880. The highest BCUT2D eigenvalue weighted by atomic mass is 35.5. The fourth-order valence-electron chi connectivity index (χ4n) is 3.19. The van der Waals surface area contributed by atoms with E-state index >= 15 is 0 Å². The number of ether oxygens (including phenoxy) is 1. The molecule has 1 aliphatic rings. The van der Waals surface area contributed by atoms with E-state index in [0.29, 0.717) is 38.7 Å². The molecule has 0 radical (unpaired) electrons. The Labute approximate surface area is 154 Å². The lowest BCUT2D eigenvalue weighted by Gasteiger charge is -2.42. The number of halogens is 1. The Balaban J connectivity index is 1.81. The maximum Gasteiger partial charge on any atom is 0.177 e. The highest BCUT2D eigenvalue weighted by Gasteiger charge is 2.43. The second kappa shape index (κ2) is 5.90. The van der Waals surface area contributed by atoms with E-state index < -0.39 is 17.7 Å². The molecule has 2 heterocycles. The van der Waals surface area contributed by atoms with E-state index in [9.17, 15) is 10.4 Å². The number of anilines is 1. The molecular formula is C19H16ClN3O3. The summed E-state index contributed by atoms with van der Waals surface area (Å²) in [6.45, 7) is 3.62.